The van der Waals surface area contributed by atoms with Gasteiger partial charge in [0.05, 0.1) is 17.7 Å². The number of hydrogen-bond donors (Lipinski definition) is 2. The van der Waals surface area contributed by atoms with E-state index in [2.05, 4.69) is 5.32 Å². The van der Waals surface area contributed by atoms with Gasteiger partial charge in [0.2, 0.25) is 5.91 Å². The van der Waals surface area contributed by atoms with Crippen molar-refractivity contribution in [2.75, 3.05) is 6.61 Å². The second-order valence-corrected chi connectivity index (χ2v) is 6.26. The van der Waals surface area contributed by atoms with Crippen LogP contribution in [0.5, 0.6) is 0 Å². The Morgan fingerprint density at radius 1 is 1.13 bits per heavy atom. The smallest absolute Gasteiger partial charge is 0.262 e. The van der Waals surface area contributed by atoms with Crippen LogP contribution in [0.1, 0.15) is 47.9 Å². The molecule has 2 N–H and O–H groups in total. The summed E-state index contributed by atoms with van der Waals surface area (Å²) in [6.07, 6.45) is 0.370. The first kappa shape index (κ1) is 17.1. The third-order valence-corrected chi connectivity index (χ3v) is 3.80. The molecule has 0 saturated carbocycles. The Morgan fingerprint density at radius 2 is 1.65 bits per heavy atom. The van der Waals surface area contributed by atoms with Gasteiger partial charge >= 0.3 is 0 Å². The van der Waals surface area contributed by atoms with Crippen molar-refractivity contribution >= 4 is 17.7 Å². The highest BCUT2D eigenvalue weighted by Gasteiger charge is 2.42. The number of nitrogens with zero attached hydrogens (tertiary/aromatic N) is 1. The van der Waals surface area contributed by atoms with Gasteiger partial charge in [0.15, 0.2) is 0 Å². The van der Waals surface area contributed by atoms with Crippen LogP contribution in [0.3, 0.4) is 0 Å². The molecule has 3 amide bonds. The molecule has 1 aromatic carbocycles. The Labute approximate surface area is 135 Å². The lowest BCUT2D eigenvalue weighted by Gasteiger charge is -2.27. The van der Waals surface area contributed by atoms with Gasteiger partial charge in [-0.1, -0.05) is 26.0 Å². The Morgan fingerprint density at radius 3 is 2.09 bits per heavy atom. The minimum absolute atomic E-state index is 0.125. The van der Waals surface area contributed by atoms with Crippen molar-refractivity contribution in [3.8, 4) is 0 Å². The molecule has 1 heterocycles. The number of nitrogens with one attached hydrogen (secondary N) is 1. The number of carbonyl (C=O) groups excluding carboxylic acids is 3. The average molecular weight is 318 g/mol. The number of aliphatic hydroxyl groups is 1. The molecule has 0 fully saturated rings. The van der Waals surface area contributed by atoms with E-state index >= 15 is 0 Å². The van der Waals surface area contributed by atoms with Crippen molar-refractivity contribution in [2.24, 2.45) is 5.92 Å². The summed E-state index contributed by atoms with van der Waals surface area (Å²) >= 11 is 0. The minimum atomic E-state index is -0.878. The van der Waals surface area contributed by atoms with Gasteiger partial charge in [-0.05, 0) is 31.4 Å². The highest BCUT2D eigenvalue weighted by atomic mass is 16.3. The first-order valence-electron chi connectivity index (χ1n) is 7.75. The summed E-state index contributed by atoms with van der Waals surface area (Å²) in [6, 6.07) is 5.26. The lowest BCUT2D eigenvalue weighted by molar-refractivity contribution is -0.126. The minimum Gasteiger partial charge on any atom is -0.394 e. The van der Waals surface area contributed by atoms with Crippen LogP contribution in [0, 0.1) is 5.92 Å². The predicted molar refractivity (Wildman–Crippen MR) is 84.9 cm³/mol. The number of carbonyl (C=O) groups is 3. The van der Waals surface area contributed by atoms with Gasteiger partial charge in [-0.3, -0.25) is 19.3 Å². The molecule has 0 saturated heterocycles. The quantitative estimate of drug-likeness (QED) is 0.772. The standard InChI is InChI=1S/C17H22N2O4/c1-10(2)8-14(15(21)18-11(3)9-20)19-16(22)12-6-4-5-7-13(12)17(19)23/h4-7,10-11,14,20H,8-9H2,1-3H3,(H,18,21)/t11-,14?/m0/s1. The average Bonchev–Trinajstić information content (AvgIpc) is 2.77. The number of amides is 3. The lowest BCUT2D eigenvalue weighted by Crippen LogP contribution is -2.52. The normalized spacial score (nSPS) is 16.5. The zero-order valence-electron chi connectivity index (χ0n) is 13.6. The van der Waals surface area contributed by atoms with Crippen molar-refractivity contribution in [3.05, 3.63) is 35.4 Å². The molecule has 2 rings (SSSR count). The van der Waals surface area contributed by atoms with Gasteiger partial charge < -0.3 is 10.4 Å². The van der Waals surface area contributed by atoms with Crippen molar-refractivity contribution in [2.45, 2.75) is 39.3 Å². The van der Waals surface area contributed by atoms with Crippen molar-refractivity contribution < 1.29 is 19.5 Å². The number of benzene rings is 1. The SMILES string of the molecule is CC(C)CC(C(=O)N[C@@H](C)CO)N1C(=O)c2ccccc2C1=O. The summed E-state index contributed by atoms with van der Waals surface area (Å²) < 4.78 is 0. The topological polar surface area (TPSA) is 86.7 Å². The van der Waals surface area contributed by atoms with Gasteiger partial charge in [-0.2, -0.15) is 0 Å². The van der Waals surface area contributed by atoms with E-state index in [1.807, 2.05) is 13.8 Å². The van der Waals surface area contributed by atoms with Crippen molar-refractivity contribution in [1.29, 1.82) is 0 Å². The zero-order valence-corrected chi connectivity index (χ0v) is 13.6. The zero-order chi connectivity index (χ0) is 17.1. The van der Waals surface area contributed by atoms with Crippen LogP contribution < -0.4 is 5.32 Å². The maximum Gasteiger partial charge on any atom is 0.262 e. The molecule has 2 atom stereocenters. The fraction of sp³-hybridized carbons (Fsp3) is 0.471. The molecule has 6 heteroatoms. The number of fused-ring (bicyclic) bond motifs is 1. The third-order valence-electron chi connectivity index (χ3n) is 3.80. The van der Waals surface area contributed by atoms with Crippen LogP contribution in [-0.2, 0) is 4.79 Å². The molecule has 1 aliphatic rings. The van der Waals surface area contributed by atoms with Crippen LogP contribution in [0.2, 0.25) is 0 Å². The molecule has 0 spiro atoms. The first-order valence-corrected chi connectivity index (χ1v) is 7.75. The summed E-state index contributed by atoms with van der Waals surface area (Å²) in [6.45, 7) is 5.30. The molecule has 0 aliphatic carbocycles. The molecule has 0 radical (unpaired) electrons. The Hall–Kier alpha value is -2.21. The van der Waals surface area contributed by atoms with Crippen LogP contribution in [0.15, 0.2) is 24.3 Å². The van der Waals surface area contributed by atoms with Gasteiger partial charge in [0.1, 0.15) is 6.04 Å². The van der Waals surface area contributed by atoms with Crippen molar-refractivity contribution in [1.82, 2.24) is 10.2 Å². The second-order valence-electron chi connectivity index (χ2n) is 6.26. The van der Waals surface area contributed by atoms with E-state index in [0.717, 1.165) is 4.90 Å². The second kappa shape index (κ2) is 6.91. The molecular formula is C17H22N2O4. The van der Waals surface area contributed by atoms with Crippen LogP contribution in [0.4, 0.5) is 0 Å². The number of hydrogen-bond acceptors (Lipinski definition) is 4. The fourth-order valence-corrected chi connectivity index (χ4v) is 2.65. The van der Waals surface area contributed by atoms with E-state index in [1.54, 1.807) is 31.2 Å². The fourth-order valence-electron chi connectivity index (χ4n) is 2.65. The first-order chi connectivity index (χ1) is 10.9. The van der Waals surface area contributed by atoms with E-state index < -0.39 is 29.8 Å². The predicted octanol–water partition coefficient (Wildman–Crippen LogP) is 1.19. The lowest BCUT2D eigenvalue weighted by atomic mass is 10.0. The van der Waals surface area contributed by atoms with E-state index in [4.69, 9.17) is 5.11 Å². The van der Waals surface area contributed by atoms with E-state index in [0.29, 0.717) is 17.5 Å². The van der Waals surface area contributed by atoms with Gasteiger partial charge in [-0.15, -0.1) is 0 Å². The van der Waals surface area contributed by atoms with E-state index in [1.165, 1.54) is 0 Å². The van der Waals surface area contributed by atoms with E-state index in [-0.39, 0.29) is 12.5 Å². The monoisotopic (exact) mass is 318 g/mol. The molecule has 6 nitrogen and oxygen atoms in total. The number of aliphatic hydroxyl groups excluding tert-OH is 1. The maximum atomic E-state index is 12.6. The maximum absolute atomic E-state index is 12.6. The molecule has 1 unspecified atom stereocenters. The number of imide groups is 1. The molecule has 1 aliphatic heterocycles. The van der Waals surface area contributed by atoms with Gasteiger partial charge in [0, 0.05) is 6.04 Å². The summed E-state index contributed by atoms with van der Waals surface area (Å²) in [5.41, 5.74) is 0.656. The number of rotatable bonds is 6. The highest BCUT2D eigenvalue weighted by molar-refractivity contribution is 6.22. The van der Waals surface area contributed by atoms with Crippen LogP contribution >= 0.6 is 0 Å². The molecule has 23 heavy (non-hydrogen) atoms. The summed E-state index contributed by atoms with van der Waals surface area (Å²) in [4.78, 5) is 38.7. The summed E-state index contributed by atoms with van der Waals surface area (Å²) in [5, 5.41) is 11.7. The summed E-state index contributed by atoms with van der Waals surface area (Å²) in [5.74, 6) is -1.18. The Bertz CT molecular complexity index is 592. The molecule has 124 valence electrons. The van der Waals surface area contributed by atoms with E-state index in [9.17, 15) is 14.4 Å². The third kappa shape index (κ3) is 3.42. The molecular weight excluding hydrogens is 296 g/mol. The highest BCUT2D eigenvalue weighted by Crippen LogP contribution is 2.27. The molecule has 0 bridgehead atoms. The Balaban J connectivity index is 2.32. The molecule has 1 aromatic rings. The Kier molecular flexibility index (Phi) is 5.15. The van der Waals surface area contributed by atoms with Crippen LogP contribution in [0.25, 0.3) is 0 Å². The van der Waals surface area contributed by atoms with Crippen LogP contribution in [-0.4, -0.2) is 46.4 Å². The largest absolute Gasteiger partial charge is 0.394 e. The molecule has 0 aromatic heterocycles. The van der Waals surface area contributed by atoms with Gasteiger partial charge in [0.25, 0.3) is 11.8 Å². The van der Waals surface area contributed by atoms with Gasteiger partial charge in [-0.25, -0.2) is 0 Å². The summed E-state index contributed by atoms with van der Waals surface area (Å²) in [7, 11) is 0. The van der Waals surface area contributed by atoms with Crippen molar-refractivity contribution in [3.63, 3.8) is 0 Å².